The zero-order chi connectivity index (χ0) is 13.1. The Morgan fingerprint density at radius 2 is 1.78 bits per heavy atom. The summed E-state index contributed by atoms with van der Waals surface area (Å²) < 4.78 is 0. The molecule has 0 aliphatic carbocycles. The molecule has 1 aromatic carbocycles. The lowest BCUT2D eigenvalue weighted by atomic mass is 10.0. The number of amides is 1. The lowest BCUT2D eigenvalue weighted by Gasteiger charge is -2.10. The van der Waals surface area contributed by atoms with E-state index < -0.39 is 0 Å². The highest BCUT2D eigenvalue weighted by Crippen LogP contribution is 2.16. The smallest absolute Gasteiger partial charge is 0.257 e. The number of nitrogens with zero attached hydrogens (tertiary/aromatic N) is 1. The summed E-state index contributed by atoms with van der Waals surface area (Å²) in [5.74, 6) is 0.501. The van der Waals surface area contributed by atoms with Crippen LogP contribution >= 0.6 is 0 Å². The van der Waals surface area contributed by atoms with E-state index in [1.165, 1.54) is 0 Å². The molecule has 2 aromatic rings. The summed E-state index contributed by atoms with van der Waals surface area (Å²) in [5.41, 5.74) is 3.76. The Morgan fingerprint density at radius 3 is 2.50 bits per heavy atom. The molecule has 0 bridgehead atoms. The fraction of sp³-hybridized carbons (Fsp3) is 0.200. The molecule has 1 heterocycles. The molecule has 2 rings (SSSR count). The van der Waals surface area contributed by atoms with Crippen molar-refractivity contribution in [2.75, 3.05) is 5.32 Å². The molecule has 0 aliphatic heterocycles. The lowest BCUT2D eigenvalue weighted by Crippen LogP contribution is -2.15. The molecule has 0 saturated heterocycles. The number of hydrogen-bond donors (Lipinski definition) is 1. The highest BCUT2D eigenvalue weighted by molar-refractivity contribution is 6.05. The van der Waals surface area contributed by atoms with Crippen LogP contribution in [0.15, 0.2) is 36.5 Å². The maximum atomic E-state index is 12.2. The first-order chi connectivity index (χ1) is 8.59. The van der Waals surface area contributed by atoms with Crippen LogP contribution in [0.25, 0.3) is 0 Å². The highest BCUT2D eigenvalue weighted by Gasteiger charge is 2.11. The number of carbonyl (C=O) groups excluding carboxylic acids is 1. The van der Waals surface area contributed by atoms with Crippen molar-refractivity contribution >= 4 is 11.7 Å². The molecule has 1 aromatic heterocycles. The summed E-state index contributed by atoms with van der Waals surface area (Å²) in [6.07, 6.45) is 1.67. The van der Waals surface area contributed by atoms with Crippen LogP contribution in [-0.4, -0.2) is 10.9 Å². The maximum Gasteiger partial charge on any atom is 0.257 e. The van der Waals surface area contributed by atoms with E-state index in [4.69, 9.17) is 0 Å². The first-order valence-electron chi connectivity index (χ1n) is 5.89. The largest absolute Gasteiger partial charge is 0.306 e. The molecule has 0 aliphatic rings. The number of carbonyl (C=O) groups is 1. The minimum absolute atomic E-state index is 0.113. The second-order valence-corrected chi connectivity index (χ2v) is 4.37. The lowest BCUT2D eigenvalue weighted by molar-refractivity contribution is 0.102. The van der Waals surface area contributed by atoms with Gasteiger partial charge in [-0.15, -0.1) is 0 Å². The summed E-state index contributed by atoms with van der Waals surface area (Å²) in [5, 5.41) is 2.84. The summed E-state index contributed by atoms with van der Waals surface area (Å²) in [7, 11) is 0. The Kier molecular flexibility index (Phi) is 3.42. The topological polar surface area (TPSA) is 42.0 Å². The average molecular weight is 240 g/mol. The second-order valence-electron chi connectivity index (χ2n) is 4.37. The molecule has 3 nitrogen and oxygen atoms in total. The van der Waals surface area contributed by atoms with E-state index in [1.807, 2.05) is 51.1 Å². The van der Waals surface area contributed by atoms with Gasteiger partial charge in [-0.05, 0) is 49.6 Å². The standard InChI is InChI=1S/C15H16N2O/c1-10-6-4-8-13(12(10)3)15(18)17-14-11(2)7-5-9-16-14/h4-9H,1-3H3,(H,16,17,18). The quantitative estimate of drug-likeness (QED) is 0.875. The predicted molar refractivity (Wildman–Crippen MR) is 72.8 cm³/mol. The van der Waals surface area contributed by atoms with Crippen molar-refractivity contribution < 1.29 is 4.79 Å². The van der Waals surface area contributed by atoms with Crippen molar-refractivity contribution in [1.82, 2.24) is 4.98 Å². The molecular formula is C15H16N2O. The highest BCUT2D eigenvalue weighted by atomic mass is 16.1. The van der Waals surface area contributed by atoms with Crippen LogP contribution in [0.1, 0.15) is 27.0 Å². The van der Waals surface area contributed by atoms with Gasteiger partial charge in [0.15, 0.2) is 0 Å². The van der Waals surface area contributed by atoms with Crippen LogP contribution in [0.3, 0.4) is 0 Å². The number of hydrogen-bond acceptors (Lipinski definition) is 2. The van der Waals surface area contributed by atoms with Crippen LogP contribution in [0, 0.1) is 20.8 Å². The van der Waals surface area contributed by atoms with Gasteiger partial charge in [0.1, 0.15) is 5.82 Å². The van der Waals surface area contributed by atoms with Crippen LogP contribution in [0.2, 0.25) is 0 Å². The minimum atomic E-state index is -0.113. The Labute approximate surface area is 107 Å². The summed E-state index contributed by atoms with van der Waals surface area (Å²) in [6.45, 7) is 5.87. The first kappa shape index (κ1) is 12.3. The van der Waals surface area contributed by atoms with Gasteiger partial charge < -0.3 is 5.32 Å². The number of pyridine rings is 1. The molecule has 1 amide bonds. The maximum absolute atomic E-state index is 12.2. The van der Waals surface area contributed by atoms with Crippen molar-refractivity contribution in [3.8, 4) is 0 Å². The van der Waals surface area contributed by atoms with Gasteiger partial charge in [0, 0.05) is 11.8 Å². The zero-order valence-corrected chi connectivity index (χ0v) is 10.8. The van der Waals surface area contributed by atoms with Gasteiger partial charge in [0.05, 0.1) is 0 Å². The van der Waals surface area contributed by atoms with Gasteiger partial charge in [0.25, 0.3) is 5.91 Å². The number of aryl methyl sites for hydroxylation is 2. The van der Waals surface area contributed by atoms with Crippen LogP contribution in [0.4, 0.5) is 5.82 Å². The molecule has 0 radical (unpaired) electrons. The van der Waals surface area contributed by atoms with E-state index in [9.17, 15) is 4.79 Å². The Bertz CT molecular complexity index is 591. The monoisotopic (exact) mass is 240 g/mol. The third-order valence-electron chi connectivity index (χ3n) is 3.09. The van der Waals surface area contributed by atoms with Crippen molar-refractivity contribution in [1.29, 1.82) is 0 Å². The van der Waals surface area contributed by atoms with E-state index >= 15 is 0 Å². The third kappa shape index (κ3) is 2.40. The molecule has 3 heteroatoms. The van der Waals surface area contributed by atoms with Crippen molar-refractivity contribution in [3.63, 3.8) is 0 Å². The van der Waals surface area contributed by atoms with E-state index in [0.29, 0.717) is 11.4 Å². The fourth-order valence-electron chi connectivity index (χ4n) is 1.79. The van der Waals surface area contributed by atoms with Gasteiger partial charge in [-0.2, -0.15) is 0 Å². The zero-order valence-electron chi connectivity index (χ0n) is 10.8. The Morgan fingerprint density at radius 1 is 1.06 bits per heavy atom. The SMILES string of the molecule is Cc1cccnc1NC(=O)c1cccc(C)c1C. The van der Waals surface area contributed by atoms with Crippen LogP contribution < -0.4 is 5.32 Å². The number of rotatable bonds is 2. The summed E-state index contributed by atoms with van der Waals surface area (Å²) in [6, 6.07) is 9.49. The van der Waals surface area contributed by atoms with E-state index in [0.717, 1.165) is 16.7 Å². The molecular weight excluding hydrogens is 224 g/mol. The fourth-order valence-corrected chi connectivity index (χ4v) is 1.79. The summed E-state index contributed by atoms with van der Waals surface area (Å²) >= 11 is 0. The van der Waals surface area contributed by atoms with E-state index in [1.54, 1.807) is 6.20 Å². The average Bonchev–Trinajstić information content (AvgIpc) is 2.35. The van der Waals surface area contributed by atoms with Crippen LogP contribution in [-0.2, 0) is 0 Å². The molecule has 0 unspecified atom stereocenters. The Balaban J connectivity index is 2.28. The van der Waals surface area contributed by atoms with Crippen molar-refractivity contribution in [2.45, 2.75) is 20.8 Å². The van der Waals surface area contributed by atoms with E-state index in [-0.39, 0.29) is 5.91 Å². The molecule has 0 fully saturated rings. The Hall–Kier alpha value is -2.16. The van der Waals surface area contributed by atoms with Gasteiger partial charge >= 0.3 is 0 Å². The molecule has 0 saturated carbocycles. The molecule has 1 N–H and O–H groups in total. The van der Waals surface area contributed by atoms with Gasteiger partial charge in [-0.25, -0.2) is 4.98 Å². The normalized spacial score (nSPS) is 10.2. The van der Waals surface area contributed by atoms with E-state index in [2.05, 4.69) is 10.3 Å². The first-order valence-corrected chi connectivity index (χ1v) is 5.89. The third-order valence-corrected chi connectivity index (χ3v) is 3.09. The van der Waals surface area contributed by atoms with Crippen molar-refractivity contribution in [2.24, 2.45) is 0 Å². The van der Waals surface area contributed by atoms with Gasteiger partial charge in [-0.1, -0.05) is 18.2 Å². The van der Waals surface area contributed by atoms with Crippen molar-refractivity contribution in [3.05, 3.63) is 58.8 Å². The molecule has 0 spiro atoms. The summed E-state index contributed by atoms with van der Waals surface area (Å²) in [4.78, 5) is 16.4. The second kappa shape index (κ2) is 5.00. The minimum Gasteiger partial charge on any atom is -0.306 e. The molecule has 92 valence electrons. The molecule has 18 heavy (non-hydrogen) atoms. The predicted octanol–water partition coefficient (Wildman–Crippen LogP) is 3.26. The van der Waals surface area contributed by atoms with Gasteiger partial charge in [-0.3, -0.25) is 4.79 Å². The molecule has 0 atom stereocenters. The number of aromatic nitrogens is 1. The van der Waals surface area contributed by atoms with Crippen LogP contribution in [0.5, 0.6) is 0 Å². The number of anilines is 1. The number of benzene rings is 1. The number of nitrogens with one attached hydrogen (secondary N) is 1. The van der Waals surface area contributed by atoms with Gasteiger partial charge in [0.2, 0.25) is 0 Å².